The fraction of sp³-hybridized carbons (Fsp3) is 0.550. The Kier molecular flexibility index (Phi) is 4.43. The van der Waals surface area contributed by atoms with Crippen molar-refractivity contribution in [2.45, 2.75) is 47.0 Å². The van der Waals surface area contributed by atoms with Gasteiger partial charge in [0.1, 0.15) is 0 Å². The number of hydrogen-bond donors (Lipinski definition) is 2. The van der Waals surface area contributed by atoms with Crippen LogP contribution in [0.3, 0.4) is 0 Å². The number of hydrogen-bond acceptors (Lipinski definition) is 3. The first-order valence-corrected chi connectivity index (χ1v) is 8.95. The topological polar surface area (TPSA) is 70.6 Å². The van der Waals surface area contributed by atoms with E-state index in [0.29, 0.717) is 11.5 Å². The minimum Gasteiger partial charge on any atom is -0.343 e. The monoisotopic (exact) mass is 341 g/mol. The van der Waals surface area contributed by atoms with Crippen molar-refractivity contribution in [1.29, 1.82) is 0 Å². The predicted molar refractivity (Wildman–Crippen MR) is 98.3 cm³/mol. The maximum Gasteiger partial charge on any atom is 0.259 e. The maximum absolute atomic E-state index is 12.1. The zero-order chi connectivity index (χ0) is 18.2. The average molecular weight is 341 g/mol. The lowest BCUT2D eigenvalue weighted by Crippen LogP contribution is -2.37. The molecule has 134 valence electrons. The van der Waals surface area contributed by atoms with Gasteiger partial charge in [-0.25, -0.2) is 5.43 Å². The number of rotatable bonds is 4. The third-order valence-electron chi connectivity index (χ3n) is 6.52. The van der Waals surface area contributed by atoms with E-state index < -0.39 is 0 Å². The van der Waals surface area contributed by atoms with Crippen molar-refractivity contribution >= 4 is 17.5 Å². The molecule has 0 radical (unpaired) electrons. The quantitative estimate of drug-likeness (QED) is 0.826. The third kappa shape index (κ3) is 3.08. The number of carbonyl (C=O) groups excluding carboxylic acids is 2. The summed E-state index contributed by atoms with van der Waals surface area (Å²) < 4.78 is 0. The Morgan fingerprint density at radius 1 is 1.28 bits per heavy atom. The van der Waals surface area contributed by atoms with Gasteiger partial charge in [0.25, 0.3) is 11.8 Å². The number of carbonyl (C=O) groups is 2. The molecule has 25 heavy (non-hydrogen) atoms. The standard InChI is InChI=1S/C20H27N3O2/c1-13-6-5-7-14(10-13)18(25)21-12-17(24)23-22-16-11-15-8-9-20(16,4)19(15,2)3/h5-7,10,15H,8-9,11-12H2,1-4H3,(H,21,25)(H,23,24)/b22-16-/t15-,20-/m0/s1. The molecule has 0 aliphatic heterocycles. The first-order chi connectivity index (χ1) is 11.7. The van der Waals surface area contributed by atoms with Crippen molar-refractivity contribution in [3.63, 3.8) is 0 Å². The highest BCUT2D eigenvalue weighted by Crippen LogP contribution is 2.63. The minimum absolute atomic E-state index is 0.0652. The summed E-state index contributed by atoms with van der Waals surface area (Å²) in [5.41, 5.74) is 5.58. The van der Waals surface area contributed by atoms with Crippen LogP contribution in [0.25, 0.3) is 0 Å². The van der Waals surface area contributed by atoms with Gasteiger partial charge in [-0.2, -0.15) is 5.10 Å². The van der Waals surface area contributed by atoms with Crippen LogP contribution in [-0.2, 0) is 4.79 Å². The van der Waals surface area contributed by atoms with Crippen molar-refractivity contribution in [1.82, 2.24) is 10.7 Å². The molecule has 2 amide bonds. The average Bonchev–Trinajstić information content (AvgIpc) is 2.91. The van der Waals surface area contributed by atoms with Crippen LogP contribution in [0.5, 0.6) is 0 Å². The summed E-state index contributed by atoms with van der Waals surface area (Å²) in [4.78, 5) is 24.1. The van der Waals surface area contributed by atoms with E-state index in [0.717, 1.165) is 24.1 Å². The Morgan fingerprint density at radius 3 is 2.64 bits per heavy atom. The van der Waals surface area contributed by atoms with Crippen molar-refractivity contribution in [2.24, 2.45) is 21.8 Å². The number of benzene rings is 1. The van der Waals surface area contributed by atoms with Crippen molar-refractivity contribution in [3.05, 3.63) is 35.4 Å². The smallest absolute Gasteiger partial charge is 0.259 e. The molecule has 0 spiro atoms. The predicted octanol–water partition coefficient (Wildman–Crippen LogP) is 3.04. The van der Waals surface area contributed by atoms with Gasteiger partial charge in [0, 0.05) is 16.7 Å². The van der Waals surface area contributed by atoms with Gasteiger partial charge in [-0.15, -0.1) is 0 Å². The molecule has 0 aromatic heterocycles. The number of aryl methyl sites for hydroxylation is 1. The molecule has 0 heterocycles. The Labute approximate surface area is 149 Å². The van der Waals surface area contributed by atoms with Crippen LogP contribution in [-0.4, -0.2) is 24.1 Å². The van der Waals surface area contributed by atoms with E-state index in [1.54, 1.807) is 12.1 Å². The van der Waals surface area contributed by atoms with Gasteiger partial charge in [-0.05, 0) is 49.7 Å². The van der Waals surface area contributed by atoms with Crippen molar-refractivity contribution in [2.75, 3.05) is 6.54 Å². The van der Waals surface area contributed by atoms with E-state index >= 15 is 0 Å². The molecule has 2 saturated carbocycles. The highest BCUT2D eigenvalue weighted by Gasteiger charge is 2.59. The van der Waals surface area contributed by atoms with Crippen LogP contribution in [0.2, 0.25) is 0 Å². The van der Waals surface area contributed by atoms with Crippen LogP contribution < -0.4 is 10.7 Å². The molecular weight excluding hydrogens is 314 g/mol. The summed E-state index contributed by atoms with van der Waals surface area (Å²) in [6.45, 7) is 8.71. The molecule has 5 nitrogen and oxygen atoms in total. The molecule has 2 aliphatic carbocycles. The molecule has 0 unspecified atom stereocenters. The maximum atomic E-state index is 12.1. The lowest BCUT2D eigenvalue weighted by atomic mass is 9.70. The Bertz CT molecular complexity index is 738. The van der Waals surface area contributed by atoms with E-state index in [1.165, 1.54) is 6.42 Å². The Balaban J connectivity index is 1.55. The second-order valence-electron chi connectivity index (χ2n) is 8.14. The van der Waals surface area contributed by atoms with E-state index in [2.05, 4.69) is 36.6 Å². The van der Waals surface area contributed by atoms with Crippen LogP contribution in [0.1, 0.15) is 56.0 Å². The number of hydrazone groups is 1. The second kappa shape index (κ2) is 6.28. The fourth-order valence-corrected chi connectivity index (χ4v) is 4.32. The molecule has 2 fully saturated rings. The highest BCUT2D eigenvalue weighted by atomic mass is 16.2. The highest BCUT2D eigenvalue weighted by molar-refractivity contribution is 5.97. The molecule has 0 saturated heterocycles. The first kappa shape index (κ1) is 17.6. The van der Waals surface area contributed by atoms with Crippen molar-refractivity contribution in [3.8, 4) is 0 Å². The molecule has 2 aliphatic rings. The summed E-state index contributed by atoms with van der Waals surface area (Å²) in [5, 5.41) is 7.04. The molecular formula is C20H27N3O2. The van der Waals surface area contributed by atoms with Gasteiger partial charge in [0.2, 0.25) is 0 Å². The molecule has 1 aromatic rings. The van der Waals surface area contributed by atoms with E-state index in [4.69, 9.17) is 0 Å². The van der Waals surface area contributed by atoms with E-state index in [9.17, 15) is 9.59 Å². The fourth-order valence-electron chi connectivity index (χ4n) is 4.32. The van der Waals surface area contributed by atoms with Gasteiger partial charge >= 0.3 is 0 Å². The normalized spacial score (nSPS) is 28.2. The SMILES string of the molecule is Cc1cccc(C(=O)NCC(=O)N/N=C2/C[C@@H]3CC[C@]2(C)C3(C)C)c1. The van der Waals surface area contributed by atoms with Gasteiger partial charge in [0.05, 0.1) is 6.54 Å². The van der Waals surface area contributed by atoms with Crippen LogP contribution in [0.15, 0.2) is 29.4 Å². The molecule has 1 aromatic carbocycles. The summed E-state index contributed by atoms with van der Waals surface area (Å²) in [6.07, 6.45) is 3.33. The number of fused-ring (bicyclic) bond motifs is 2. The summed E-state index contributed by atoms with van der Waals surface area (Å²) in [6, 6.07) is 7.29. The Morgan fingerprint density at radius 2 is 2.04 bits per heavy atom. The minimum atomic E-state index is -0.294. The van der Waals surface area contributed by atoms with Crippen LogP contribution in [0, 0.1) is 23.7 Å². The third-order valence-corrected chi connectivity index (χ3v) is 6.52. The lowest BCUT2D eigenvalue weighted by molar-refractivity contribution is -0.120. The van der Waals surface area contributed by atoms with Crippen LogP contribution >= 0.6 is 0 Å². The van der Waals surface area contributed by atoms with Crippen molar-refractivity contribution < 1.29 is 9.59 Å². The van der Waals surface area contributed by atoms with Gasteiger partial charge < -0.3 is 5.32 Å². The molecule has 2 atom stereocenters. The van der Waals surface area contributed by atoms with Gasteiger partial charge in [-0.3, -0.25) is 9.59 Å². The van der Waals surface area contributed by atoms with Gasteiger partial charge in [-0.1, -0.05) is 38.5 Å². The molecule has 5 heteroatoms. The number of nitrogens with one attached hydrogen (secondary N) is 2. The van der Waals surface area contributed by atoms with E-state index in [-0.39, 0.29) is 29.2 Å². The Hall–Kier alpha value is -2.17. The van der Waals surface area contributed by atoms with E-state index in [1.807, 2.05) is 19.1 Å². The second-order valence-corrected chi connectivity index (χ2v) is 8.14. The van der Waals surface area contributed by atoms with Gasteiger partial charge in [0.15, 0.2) is 0 Å². The molecule has 2 bridgehead atoms. The molecule has 2 N–H and O–H groups in total. The summed E-state index contributed by atoms with van der Waals surface area (Å²) >= 11 is 0. The largest absolute Gasteiger partial charge is 0.343 e. The molecule has 3 rings (SSSR count). The zero-order valence-corrected chi connectivity index (χ0v) is 15.5. The lowest BCUT2D eigenvalue weighted by Gasteiger charge is -2.34. The summed E-state index contributed by atoms with van der Waals surface area (Å²) in [7, 11) is 0. The number of nitrogens with zero attached hydrogens (tertiary/aromatic N) is 1. The van der Waals surface area contributed by atoms with Crippen LogP contribution in [0.4, 0.5) is 0 Å². The number of amides is 2. The zero-order valence-electron chi connectivity index (χ0n) is 15.5. The summed E-state index contributed by atoms with van der Waals surface area (Å²) in [5.74, 6) is 0.103. The first-order valence-electron chi connectivity index (χ1n) is 8.95.